The zero-order chi connectivity index (χ0) is 12.1. The molecule has 2 atom stereocenters. The second kappa shape index (κ2) is 6.41. The molecule has 0 radical (unpaired) electrons. The van der Waals surface area contributed by atoms with Gasteiger partial charge in [-0.1, -0.05) is 20.3 Å². The van der Waals surface area contributed by atoms with E-state index >= 15 is 0 Å². The van der Waals surface area contributed by atoms with Crippen LogP contribution in [0, 0.1) is 19.8 Å². The molecule has 0 fully saturated rings. The molecule has 0 amide bonds. The molecule has 16 heavy (non-hydrogen) atoms. The molecule has 1 rings (SSSR count). The van der Waals surface area contributed by atoms with Gasteiger partial charge < -0.3 is 5.32 Å². The molecule has 92 valence electrons. The highest BCUT2D eigenvalue weighted by Gasteiger charge is 2.08. The number of aryl methyl sites for hydroxylation is 2. The van der Waals surface area contributed by atoms with E-state index in [1.807, 2.05) is 11.3 Å². The molecule has 0 saturated carbocycles. The molecule has 0 aliphatic heterocycles. The molecule has 0 aliphatic rings. The maximum atomic E-state index is 3.62. The van der Waals surface area contributed by atoms with Crippen LogP contribution >= 0.6 is 11.3 Å². The highest BCUT2D eigenvalue weighted by atomic mass is 32.1. The molecule has 1 heterocycles. The summed E-state index contributed by atoms with van der Waals surface area (Å²) in [6.07, 6.45) is 2.56. The Bertz CT molecular complexity index is 317. The van der Waals surface area contributed by atoms with Crippen LogP contribution in [-0.2, 0) is 6.54 Å². The third-order valence-electron chi connectivity index (χ3n) is 3.24. The van der Waals surface area contributed by atoms with Crippen molar-refractivity contribution >= 4 is 11.3 Å². The van der Waals surface area contributed by atoms with Crippen molar-refractivity contribution in [3.05, 3.63) is 21.4 Å². The lowest BCUT2D eigenvalue weighted by molar-refractivity contribution is 0.412. The van der Waals surface area contributed by atoms with Crippen molar-refractivity contribution in [2.75, 3.05) is 0 Å². The van der Waals surface area contributed by atoms with Crippen LogP contribution in [0.25, 0.3) is 0 Å². The molecule has 0 saturated heterocycles. The van der Waals surface area contributed by atoms with Gasteiger partial charge in [-0.2, -0.15) is 0 Å². The van der Waals surface area contributed by atoms with Gasteiger partial charge >= 0.3 is 0 Å². The summed E-state index contributed by atoms with van der Waals surface area (Å²) in [5.41, 5.74) is 1.47. The lowest BCUT2D eigenvalue weighted by atomic mass is 10.0. The predicted octanol–water partition coefficient (Wildman–Crippen LogP) is 4.28. The summed E-state index contributed by atoms with van der Waals surface area (Å²) in [5, 5.41) is 3.62. The van der Waals surface area contributed by atoms with Gasteiger partial charge in [-0.25, -0.2) is 0 Å². The minimum absolute atomic E-state index is 0.620. The Morgan fingerprint density at radius 3 is 2.50 bits per heavy atom. The van der Waals surface area contributed by atoms with Gasteiger partial charge in [0.2, 0.25) is 0 Å². The van der Waals surface area contributed by atoms with E-state index < -0.39 is 0 Å². The van der Waals surface area contributed by atoms with Crippen molar-refractivity contribution in [2.24, 2.45) is 5.92 Å². The van der Waals surface area contributed by atoms with E-state index in [1.54, 1.807) is 0 Å². The minimum atomic E-state index is 0.620. The fraction of sp³-hybridized carbons (Fsp3) is 0.714. The molecule has 2 unspecified atom stereocenters. The van der Waals surface area contributed by atoms with Crippen LogP contribution in [0.15, 0.2) is 6.07 Å². The second-order valence-corrected chi connectivity index (χ2v) is 6.43. The molecule has 1 N–H and O–H groups in total. The lowest BCUT2D eigenvalue weighted by Gasteiger charge is -2.17. The molecular weight excluding hydrogens is 214 g/mol. The largest absolute Gasteiger partial charge is 0.310 e. The van der Waals surface area contributed by atoms with Gasteiger partial charge in [-0.05, 0) is 44.7 Å². The fourth-order valence-electron chi connectivity index (χ4n) is 2.00. The maximum Gasteiger partial charge on any atom is 0.0218 e. The number of thiophene rings is 1. The lowest BCUT2D eigenvalue weighted by Crippen LogP contribution is -2.27. The molecule has 0 bridgehead atoms. The van der Waals surface area contributed by atoms with Gasteiger partial charge in [-0.15, -0.1) is 11.3 Å². The van der Waals surface area contributed by atoms with Gasteiger partial charge in [0.15, 0.2) is 0 Å². The van der Waals surface area contributed by atoms with Gasteiger partial charge in [0.1, 0.15) is 0 Å². The van der Waals surface area contributed by atoms with Crippen molar-refractivity contribution < 1.29 is 0 Å². The van der Waals surface area contributed by atoms with E-state index in [0.717, 1.165) is 12.5 Å². The fourth-order valence-corrected chi connectivity index (χ4v) is 2.94. The van der Waals surface area contributed by atoms with E-state index in [9.17, 15) is 0 Å². The highest BCUT2D eigenvalue weighted by molar-refractivity contribution is 7.12. The molecular formula is C14H25NS. The van der Waals surface area contributed by atoms with Crippen LogP contribution < -0.4 is 5.32 Å². The Balaban J connectivity index is 2.36. The minimum Gasteiger partial charge on any atom is -0.310 e. The second-order valence-electron chi connectivity index (χ2n) is 4.97. The summed E-state index contributed by atoms with van der Waals surface area (Å²) in [7, 11) is 0. The third kappa shape index (κ3) is 4.26. The van der Waals surface area contributed by atoms with Crippen molar-refractivity contribution in [1.29, 1.82) is 0 Å². The van der Waals surface area contributed by atoms with E-state index in [4.69, 9.17) is 0 Å². The van der Waals surface area contributed by atoms with Crippen molar-refractivity contribution in [2.45, 2.75) is 60.0 Å². The summed E-state index contributed by atoms with van der Waals surface area (Å²) in [4.78, 5) is 2.88. The summed E-state index contributed by atoms with van der Waals surface area (Å²) >= 11 is 1.90. The molecule has 0 spiro atoms. The van der Waals surface area contributed by atoms with Gasteiger partial charge in [0.05, 0.1) is 0 Å². The summed E-state index contributed by atoms with van der Waals surface area (Å²) in [5.74, 6) is 0.827. The Morgan fingerprint density at radius 2 is 2.00 bits per heavy atom. The summed E-state index contributed by atoms with van der Waals surface area (Å²) in [6.45, 7) is 12.3. The Morgan fingerprint density at radius 1 is 1.31 bits per heavy atom. The van der Waals surface area contributed by atoms with Crippen LogP contribution in [0.3, 0.4) is 0 Å². The first-order valence-electron chi connectivity index (χ1n) is 6.32. The van der Waals surface area contributed by atoms with Crippen LogP contribution in [-0.4, -0.2) is 6.04 Å². The first kappa shape index (κ1) is 13.7. The molecule has 2 heteroatoms. The van der Waals surface area contributed by atoms with Crippen LogP contribution in [0.4, 0.5) is 0 Å². The molecule has 0 aromatic carbocycles. The van der Waals surface area contributed by atoms with Crippen molar-refractivity contribution in [3.8, 4) is 0 Å². The van der Waals surface area contributed by atoms with E-state index in [1.165, 1.54) is 28.2 Å². The highest BCUT2D eigenvalue weighted by Crippen LogP contribution is 2.20. The number of nitrogens with one attached hydrogen (secondary N) is 1. The number of rotatable bonds is 6. The van der Waals surface area contributed by atoms with Crippen LogP contribution in [0.2, 0.25) is 0 Å². The SMILES string of the molecule is CCC(C)CC(C)NCc1cc(C)sc1C. The average molecular weight is 239 g/mol. The Hall–Kier alpha value is -0.340. The summed E-state index contributed by atoms with van der Waals surface area (Å²) in [6, 6.07) is 2.93. The van der Waals surface area contributed by atoms with Gasteiger partial charge in [-0.3, -0.25) is 0 Å². The van der Waals surface area contributed by atoms with Crippen molar-refractivity contribution in [3.63, 3.8) is 0 Å². The zero-order valence-corrected chi connectivity index (χ0v) is 12.1. The Labute approximate surface area is 104 Å². The predicted molar refractivity (Wildman–Crippen MR) is 74.2 cm³/mol. The molecule has 1 nitrogen and oxygen atoms in total. The average Bonchev–Trinajstić information content (AvgIpc) is 2.54. The van der Waals surface area contributed by atoms with Crippen LogP contribution in [0.1, 0.15) is 48.9 Å². The zero-order valence-electron chi connectivity index (χ0n) is 11.3. The van der Waals surface area contributed by atoms with E-state index in [2.05, 4.69) is 46.0 Å². The molecule has 0 aliphatic carbocycles. The molecule has 1 aromatic heterocycles. The summed E-state index contributed by atoms with van der Waals surface area (Å²) < 4.78 is 0. The Kier molecular flexibility index (Phi) is 5.50. The third-order valence-corrected chi connectivity index (χ3v) is 4.25. The first-order valence-corrected chi connectivity index (χ1v) is 7.13. The van der Waals surface area contributed by atoms with Crippen molar-refractivity contribution in [1.82, 2.24) is 5.32 Å². The molecule has 1 aromatic rings. The van der Waals surface area contributed by atoms with Gasteiger partial charge in [0.25, 0.3) is 0 Å². The first-order chi connectivity index (χ1) is 7.52. The van der Waals surface area contributed by atoms with Gasteiger partial charge in [0, 0.05) is 22.3 Å². The number of hydrogen-bond donors (Lipinski definition) is 1. The normalized spacial score (nSPS) is 15.1. The maximum absolute atomic E-state index is 3.62. The standard InChI is InChI=1S/C14H25NS/c1-6-10(2)7-11(3)15-9-14-8-12(4)16-13(14)5/h8,10-11,15H,6-7,9H2,1-5H3. The topological polar surface area (TPSA) is 12.0 Å². The smallest absolute Gasteiger partial charge is 0.0218 e. The van der Waals surface area contributed by atoms with Crippen LogP contribution in [0.5, 0.6) is 0 Å². The quantitative estimate of drug-likeness (QED) is 0.781. The van der Waals surface area contributed by atoms with E-state index in [0.29, 0.717) is 6.04 Å². The monoisotopic (exact) mass is 239 g/mol. The number of hydrogen-bond acceptors (Lipinski definition) is 2. The van der Waals surface area contributed by atoms with E-state index in [-0.39, 0.29) is 0 Å².